The fraction of sp³-hybridized carbons (Fsp3) is 0.875. The van der Waals surface area contributed by atoms with Crippen molar-refractivity contribution in [3.05, 3.63) is 0 Å². The van der Waals surface area contributed by atoms with Crippen molar-refractivity contribution in [2.45, 2.75) is 38.4 Å². The van der Waals surface area contributed by atoms with E-state index in [9.17, 15) is 4.79 Å². The van der Waals surface area contributed by atoms with Gasteiger partial charge in [-0.2, -0.15) is 0 Å². The minimum atomic E-state index is -0.504. The monoisotopic (exact) mass is 183 g/mol. The second kappa shape index (κ2) is 3.58. The molecule has 72 valence electrons. The van der Waals surface area contributed by atoms with E-state index in [-0.39, 0.29) is 6.10 Å². The first-order chi connectivity index (χ1) is 5.88. The summed E-state index contributed by atoms with van der Waals surface area (Å²) in [7, 11) is 5.56. The lowest BCUT2D eigenvalue weighted by atomic mass is 9.94. The summed E-state index contributed by atoms with van der Waals surface area (Å²) in [6, 6.07) is 0. The van der Waals surface area contributed by atoms with E-state index in [0.717, 1.165) is 0 Å². The van der Waals surface area contributed by atoms with Crippen molar-refractivity contribution in [1.82, 2.24) is 5.32 Å². The molecule has 1 fully saturated rings. The highest BCUT2D eigenvalue weighted by atomic mass is 16.6. The molecule has 0 spiro atoms. The summed E-state index contributed by atoms with van der Waals surface area (Å²) >= 11 is 0. The van der Waals surface area contributed by atoms with Gasteiger partial charge in [0.1, 0.15) is 13.4 Å². The molecule has 2 atom stereocenters. The topological polar surface area (TPSA) is 50.9 Å². The van der Waals surface area contributed by atoms with E-state index >= 15 is 0 Å². The van der Waals surface area contributed by atoms with E-state index < -0.39 is 17.6 Å². The zero-order chi connectivity index (χ0) is 10.1. The van der Waals surface area contributed by atoms with E-state index in [1.807, 2.05) is 0 Å². The first-order valence-electron chi connectivity index (χ1n) is 4.25. The van der Waals surface area contributed by atoms with Crippen LogP contribution in [0.3, 0.4) is 0 Å². The predicted octanol–water partition coefficient (Wildman–Crippen LogP) is 0.404. The Balaban J connectivity index is 2.24. The molecular weight excluding hydrogens is 169 g/mol. The Kier molecular flexibility index (Phi) is 2.85. The number of rotatable bonds is 2. The van der Waals surface area contributed by atoms with Crippen LogP contribution in [0.5, 0.6) is 0 Å². The molecule has 13 heavy (non-hydrogen) atoms. The molecule has 0 aromatic rings. The molecular formula is C8H14BNO3. The maximum Gasteiger partial charge on any atom is 0.407 e. The van der Waals surface area contributed by atoms with Crippen LogP contribution in [-0.4, -0.2) is 38.2 Å². The van der Waals surface area contributed by atoms with Crippen molar-refractivity contribution >= 4 is 13.9 Å². The van der Waals surface area contributed by atoms with Gasteiger partial charge in [-0.05, 0) is 20.8 Å². The molecule has 2 unspecified atom stereocenters. The Morgan fingerprint density at radius 2 is 2.23 bits per heavy atom. The molecule has 1 rings (SSSR count). The van der Waals surface area contributed by atoms with Gasteiger partial charge in [0, 0.05) is 5.94 Å². The zero-order valence-corrected chi connectivity index (χ0v) is 8.16. The first kappa shape index (κ1) is 10.4. The first-order valence-corrected chi connectivity index (χ1v) is 4.25. The number of carbonyl (C=O) groups excluding carboxylic acids is 1. The number of epoxide rings is 1. The Morgan fingerprint density at radius 3 is 2.62 bits per heavy atom. The number of hydrogen-bond acceptors (Lipinski definition) is 3. The molecule has 1 N–H and O–H groups in total. The molecule has 0 aromatic heterocycles. The molecule has 4 nitrogen and oxygen atoms in total. The third kappa shape index (κ3) is 4.17. The minimum Gasteiger partial charge on any atom is -0.444 e. The summed E-state index contributed by atoms with van der Waals surface area (Å²) in [5.41, 5.74) is -0.492. The van der Waals surface area contributed by atoms with Crippen molar-refractivity contribution in [2.75, 3.05) is 6.61 Å². The van der Waals surface area contributed by atoms with Crippen molar-refractivity contribution < 1.29 is 14.3 Å². The van der Waals surface area contributed by atoms with Gasteiger partial charge in [-0.15, -0.1) is 0 Å². The predicted molar refractivity (Wildman–Crippen MR) is 48.7 cm³/mol. The van der Waals surface area contributed by atoms with E-state index in [1.54, 1.807) is 20.8 Å². The number of nitrogens with one attached hydrogen (secondary N) is 1. The van der Waals surface area contributed by atoms with E-state index in [2.05, 4.69) is 5.32 Å². The van der Waals surface area contributed by atoms with Gasteiger partial charge in [0.05, 0.1) is 12.7 Å². The highest BCUT2D eigenvalue weighted by molar-refractivity contribution is 6.13. The van der Waals surface area contributed by atoms with Gasteiger partial charge in [-0.3, -0.25) is 0 Å². The van der Waals surface area contributed by atoms with Crippen molar-refractivity contribution in [3.8, 4) is 0 Å². The maximum atomic E-state index is 11.1. The van der Waals surface area contributed by atoms with Crippen LogP contribution in [0.2, 0.25) is 0 Å². The molecule has 5 heteroatoms. The standard InChI is InChI=1S/C8H14BNO3/c1-8(2,3)13-7(11)10-6(9)5-4-12-5/h5-6H,4H2,1-3H3,(H,10,11). The number of ether oxygens (including phenoxy) is 2. The Hall–Kier alpha value is -0.705. The third-order valence-electron chi connectivity index (χ3n) is 1.44. The summed E-state index contributed by atoms with van der Waals surface area (Å²) in [5.74, 6) is -0.463. The molecule has 1 heterocycles. The molecule has 1 aliphatic rings. The van der Waals surface area contributed by atoms with Crippen LogP contribution in [-0.2, 0) is 9.47 Å². The minimum absolute atomic E-state index is 0.0486. The largest absolute Gasteiger partial charge is 0.444 e. The van der Waals surface area contributed by atoms with Gasteiger partial charge in [0.2, 0.25) is 0 Å². The third-order valence-corrected chi connectivity index (χ3v) is 1.44. The molecule has 0 aromatic carbocycles. The van der Waals surface area contributed by atoms with Crippen molar-refractivity contribution in [1.29, 1.82) is 0 Å². The lowest BCUT2D eigenvalue weighted by molar-refractivity contribution is 0.0515. The van der Waals surface area contributed by atoms with Crippen LogP contribution < -0.4 is 5.32 Å². The van der Waals surface area contributed by atoms with Gasteiger partial charge in [-0.1, -0.05) is 0 Å². The maximum absolute atomic E-state index is 11.1. The quantitative estimate of drug-likeness (QED) is 0.498. The van der Waals surface area contributed by atoms with Gasteiger partial charge >= 0.3 is 6.09 Å². The Labute approximate surface area is 79.4 Å². The number of alkyl carbamates (subject to hydrolysis) is 1. The van der Waals surface area contributed by atoms with E-state index in [0.29, 0.717) is 6.61 Å². The molecule has 0 aliphatic carbocycles. The lowest BCUT2D eigenvalue weighted by Crippen LogP contribution is -2.42. The highest BCUT2D eigenvalue weighted by Crippen LogP contribution is 2.12. The Bertz CT molecular complexity index is 198. The summed E-state index contributed by atoms with van der Waals surface area (Å²) in [6.07, 6.45) is -0.553. The molecule has 2 radical (unpaired) electrons. The van der Waals surface area contributed by atoms with Crippen LogP contribution in [0.25, 0.3) is 0 Å². The smallest absolute Gasteiger partial charge is 0.407 e. The van der Waals surface area contributed by atoms with Gasteiger partial charge in [0.15, 0.2) is 0 Å². The molecule has 0 saturated carbocycles. The number of carbonyl (C=O) groups is 1. The van der Waals surface area contributed by atoms with Crippen LogP contribution in [0, 0.1) is 0 Å². The fourth-order valence-electron chi connectivity index (χ4n) is 0.799. The normalized spacial score (nSPS) is 23.5. The number of hydrogen-bond donors (Lipinski definition) is 1. The molecule has 1 saturated heterocycles. The summed E-state index contributed by atoms with van der Waals surface area (Å²) in [6.45, 7) is 6.00. The second-order valence-electron chi connectivity index (χ2n) is 4.04. The highest BCUT2D eigenvalue weighted by Gasteiger charge is 2.30. The average molecular weight is 183 g/mol. The van der Waals surface area contributed by atoms with E-state index in [4.69, 9.17) is 17.3 Å². The Morgan fingerprint density at radius 1 is 1.69 bits per heavy atom. The molecule has 1 aliphatic heterocycles. The fourth-order valence-corrected chi connectivity index (χ4v) is 0.799. The zero-order valence-electron chi connectivity index (χ0n) is 8.16. The van der Waals surface area contributed by atoms with Crippen molar-refractivity contribution in [3.63, 3.8) is 0 Å². The van der Waals surface area contributed by atoms with Gasteiger partial charge in [-0.25, -0.2) is 4.79 Å². The van der Waals surface area contributed by atoms with E-state index in [1.165, 1.54) is 0 Å². The van der Waals surface area contributed by atoms with Gasteiger partial charge < -0.3 is 14.8 Å². The SMILES string of the molecule is [B]C(NC(=O)OC(C)(C)C)C1CO1. The van der Waals surface area contributed by atoms with Crippen LogP contribution in [0.15, 0.2) is 0 Å². The molecule has 0 bridgehead atoms. The summed E-state index contributed by atoms with van der Waals surface area (Å²) in [5, 5.41) is 2.49. The van der Waals surface area contributed by atoms with Gasteiger partial charge in [0.25, 0.3) is 0 Å². The average Bonchev–Trinajstić information content (AvgIpc) is 2.60. The summed E-state index contributed by atoms with van der Waals surface area (Å²) in [4.78, 5) is 11.1. The van der Waals surface area contributed by atoms with Crippen LogP contribution >= 0.6 is 0 Å². The summed E-state index contributed by atoms with van der Waals surface area (Å²) < 4.78 is 9.91. The molecule has 1 amide bonds. The number of amides is 1. The second-order valence-corrected chi connectivity index (χ2v) is 4.04. The van der Waals surface area contributed by atoms with Crippen LogP contribution in [0.1, 0.15) is 20.8 Å². The van der Waals surface area contributed by atoms with Crippen molar-refractivity contribution in [2.24, 2.45) is 0 Å². The lowest BCUT2D eigenvalue weighted by Gasteiger charge is -2.21. The van der Waals surface area contributed by atoms with Crippen LogP contribution in [0.4, 0.5) is 4.79 Å².